The number of ether oxygens (including phenoxy) is 1. The van der Waals surface area contributed by atoms with Gasteiger partial charge in [-0.2, -0.15) is 0 Å². The Morgan fingerprint density at radius 1 is 1.20 bits per heavy atom. The van der Waals surface area contributed by atoms with Crippen molar-refractivity contribution in [2.24, 2.45) is 5.92 Å². The summed E-state index contributed by atoms with van der Waals surface area (Å²) >= 11 is 0. The van der Waals surface area contributed by atoms with E-state index >= 15 is 0 Å². The first-order chi connectivity index (χ1) is 14.5. The van der Waals surface area contributed by atoms with Crippen molar-refractivity contribution in [3.8, 4) is 0 Å². The summed E-state index contributed by atoms with van der Waals surface area (Å²) in [7, 11) is 0. The predicted octanol–water partition coefficient (Wildman–Crippen LogP) is 2.09. The van der Waals surface area contributed by atoms with E-state index in [-0.39, 0.29) is 18.7 Å². The van der Waals surface area contributed by atoms with Gasteiger partial charge in [-0.25, -0.2) is 4.79 Å². The van der Waals surface area contributed by atoms with Crippen LogP contribution in [0.25, 0.3) is 0 Å². The Labute approximate surface area is 173 Å². The first-order valence-electron chi connectivity index (χ1n) is 9.77. The van der Waals surface area contributed by atoms with Crippen LogP contribution in [0.4, 0.5) is 4.79 Å². The SMILES string of the molecule is O=C(NC(C(=O)CC1CCCCNC(=O)C1=O)c1ccon1)OCc1ccccc1. The molecule has 2 unspecified atom stereocenters. The fourth-order valence-electron chi connectivity index (χ4n) is 3.25. The lowest BCUT2D eigenvalue weighted by Crippen LogP contribution is -2.40. The lowest BCUT2D eigenvalue weighted by molar-refractivity contribution is -0.141. The molecule has 3 rings (SSSR count). The molecule has 0 radical (unpaired) electrons. The van der Waals surface area contributed by atoms with Crippen molar-refractivity contribution < 1.29 is 28.4 Å². The van der Waals surface area contributed by atoms with Crippen molar-refractivity contribution in [3.63, 3.8) is 0 Å². The number of hydrogen-bond acceptors (Lipinski definition) is 7. The van der Waals surface area contributed by atoms with Gasteiger partial charge >= 0.3 is 6.09 Å². The quantitative estimate of drug-likeness (QED) is 0.665. The number of benzene rings is 1. The van der Waals surface area contributed by atoms with Gasteiger partial charge in [-0.15, -0.1) is 0 Å². The van der Waals surface area contributed by atoms with Crippen LogP contribution in [-0.2, 0) is 25.7 Å². The van der Waals surface area contributed by atoms with E-state index in [9.17, 15) is 19.2 Å². The van der Waals surface area contributed by atoms with Crippen LogP contribution in [0.5, 0.6) is 0 Å². The van der Waals surface area contributed by atoms with Gasteiger partial charge in [-0.1, -0.05) is 41.9 Å². The van der Waals surface area contributed by atoms with Crippen LogP contribution in [0.2, 0.25) is 0 Å². The highest BCUT2D eigenvalue weighted by molar-refractivity contribution is 6.37. The molecule has 2 heterocycles. The van der Waals surface area contributed by atoms with Crippen LogP contribution in [-0.4, -0.2) is 35.3 Å². The average molecular weight is 413 g/mol. The Kier molecular flexibility index (Phi) is 7.31. The molecule has 1 fully saturated rings. The lowest BCUT2D eigenvalue weighted by Gasteiger charge is -2.21. The molecule has 1 aliphatic rings. The minimum Gasteiger partial charge on any atom is -0.445 e. The van der Waals surface area contributed by atoms with Crippen molar-refractivity contribution in [3.05, 3.63) is 53.9 Å². The van der Waals surface area contributed by atoms with Gasteiger partial charge in [0.1, 0.15) is 24.6 Å². The molecule has 30 heavy (non-hydrogen) atoms. The zero-order valence-electron chi connectivity index (χ0n) is 16.3. The van der Waals surface area contributed by atoms with Crippen molar-refractivity contribution in [1.29, 1.82) is 0 Å². The van der Waals surface area contributed by atoms with Gasteiger partial charge < -0.3 is 19.9 Å². The van der Waals surface area contributed by atoms with Gasteiger partial charge in [0.05, 0.1) is 0 Å². The van der Waals surface area contributed by atoms with E-state index in [0.29, 0.717) is 19.4 Å². The zero-order chi connectivity index (χ0) is 21.3. The molecule has 1 aromatic heterocycles. The highest BCUT2D eigenvalue weighted by Gasteiger charge is 2.33. The van der Waals surface area contributed by atoms with E-state index in [1.807, 2.05) is 18.2 Å². The molecule has 2 N–H and O–H groups in total. The van der Waals surface area contributed by atoms with Crippen LogP contribution in [0, 0.1) is 5.92 Å². The van der Waals surface area contributed by atoms with E-state index in [2.05, 4.69) is 15.8 Å². The van der Waals surface area contributed by atoms with E-state index in [0.717, 1.165) is 12.0 Å². The molecular formula is C21H23N3O6. The number of carbonyl (C=O) groups excluding carboxylic acids is 4. The molecule has 1 aromatic carbocycles. The minimum atomic E-state index is -1.15. The zero-order valence-corrected chi connectivity index (χ0v) is 16.3. The fraction of sp³-hybridized carbons (Fsp3) is 0.381. The summed E-state index contributed by atoms with van der Waals surface area (Å²) in [6.07, 6.45) is 2.17. The normalized spacial score (nSPS) is 17.9. The molecular weight excluding hydrogens is 390 g/mol. The second-order valence-electron chi connectivity index (χ2n) is 7.05. The molecule has 0 spiro atoms. The van der Waals surface area contributed by atoms with E-state index in [1.165, 1.54) is 12.3 Å². The lowest BCUT2D eigenvalue weighted by atomic mass is 9.88. The Morgan fingerprint density at radius 3 is 2.73 bits per heavy atom. The molecule has 0 bridgehead atoms. The number of rotatable bonds is 7. The van der Waals surface area contributed by atoms with Crippen LogP contribution < -0.4 is 10.6 Å². The number of alkyl carbamates (subject to hydrolysis) is 1. The number of Topliss-reactive ketones (excluding diaryl/α,β-unsaturated/α-hetero) is 2. The van der Waals surface area contributed by atoms with Gasteiger partial charge in [0.25, 0.3) is 5.91 Å². The monoisotopic (exact) mass is 413 g/mol. The van der Waals surface area contributed by atoms with Crippen molar-refractivity contribution in [2.75, 3.05) is 6.54 Å². The Morgan fingerprint density at radius 2 is 2.00 bits per heavy atom. The van der Waals surface area contributed by atoms with Crippen molar-refractivity contribution >= 4 is 23.6 Å². The van der Waals surface area contributed by atoms with Crippen LogP contribution in [0.1, 0.15) is 43.0 Å². The largest absolute Gasteiger partial charge is 0.445 e. The molecule has 2 amide bonds. The standard InChI is InChI=1S/C21H23N3O6/c25-17(12-15-8-4-5-10-22-20(27)19(15)26)18(16-9-11-30-24-16)23-21(28)29-13-14-6-2-1-3-7-14/h1-3,6-7,9,11,15,18H,4-5,8,10,12-13H2,(H,22,27)(H,23,28). The fourth-order valence-corrected chi connectivity index (χ4v) is 3.25. The summed E-state index contributed by atoms with van der Waals surface area (Å²) in [5.74, 6) is -2.49. The molecule has 2 atom stereocenters. The minimum absolute atomic E-state index is 0.0354. The first kappa shape index (κ1) is 21.2. The number of hydrogen-bond donors (Lipinski definition) is 2. The van der Waals surface area contributed by atoms with Crippen molar-refractivity contribution in [2.45, 2.75) is 38.3 Å². The van der Waals surface area contributed by atoms with Gasteiger partial charge in [0, 0.05) is 24.9 Å². The van der Waals surface area contributed by atoms with Gasteiger partial charge in [0.15, 0.2) is 5.78 Å². The second-order valence-corrected chi connectivity index (χ2v) is 7.05. The maximum Gasteiger partial charge on any atom is 0.408 e. The Bertz CT molecular complexity index is 881. The summed E-state index contributed by atoms with van der Waals surface area (Å²) in [6.45, 7) is 0.481. The summed E-state index contributed by atoms with van der Waals surface area (Å²) in [5, 5.41) is 8.77. The average Bonchev–Trinajstić information content (AvgIpc) is 3.28. The summed E-state index contributed by atoms with van der Waals surface area (Å²) < 4.78 is 9.98. The third kappa shape index (κ3) is 5.76. The maximum absolute atomic E-state index is 12.9. The molecule has 2 aromatic rings. The smallest absolute Gasteiger partial charge is 0.408 e. The van der Waals surface area contributed by atoms with E-state index in [1.54, 1.807) is 12.1 Å². The van der Waals surface area contributed by atoms with Gasteiger partial charge in [-0.3, -0.25) is 14.4 Å². The molecule has 0 saturated carbocycles. The first-order valence-corrected chi connectivity index (χ1v) is 9.77. The summed E-state index contributed by atoms with van der Waals surface area (Å²) in [6, 6.07) is 9.40. The Hall–Kier alpha value is -3.49. The molecule has 1 saturated heterocycles. The molecule has 158 valence electrons. The summed E-state index contributed by atoms with van der Waals surface area (Å²) in [4.78, 5) is 49.4. The van der Waals surface area contributed by atoms with Crippen LogP contribution >= 0.6 is 0 Å². The molecule has 9 heteroatoms. The number of ketones is 2. The number of aromatic nitrogens is 1. The van der Waals surface area contributed by atoms with Gasteiger partial charge in [-0.05, 0) is 18.4 Å². The third-order valence-electron chi connectivity index (χ3n) is 4.86. The van der Waals surface area contributed by atoms with Gasteiger partial charge in [0.2, 0.25) is 5.78 Å². The topological polar surface area (TPSA) is 128 Å². The highest BCUT2D eigenvalue weighted by atomic mass is 16.5. The molecule has 9 nitrogen and oxygen atoms in total. The highest BCUT2D eigenvalue weighted by Crippen LogP contribution is 2.22. The maximum atomic E-state index is 12.9. The number of nitrogens with one attached hydrogen (secondary N) is 2. The summed E-state index contributed by atoms with van der Waals surface area (Å²) in [5.41, 5.74) is 0.988. The predicted molar refractivity (Wildman–Crippen MR) is 104 cm³/mol. The molecule has 1 aliphatic heterocycles. The third-order valence-corrected chi connectivity index (χ3v) is 4.86. The van der Waals surface area contributed by atoms with Crippen LogP contribution in [0.3, 0.4) is 0 Å². The number of amides is 2. The molecule has 0 aliphatic carbocycles. The van der Waals surface area contributed by atoms with Crippen LogP contribution in [0.15, 0.2) is 47.2 Å². The number of carbonyl (C=O) groups is 4. The Balaban J connectivity index is 1.65. The number of nitrogens with zero attached hydrogens (tertiary/aromatic N) is 1. The van der Waals surface area contributed by atoms with Crippen molar-refractivity contribution in [1.82, 2.24) is 15.8 Å². The second kappa shape index (κ2) is 10.3. The van der Waals surface area contributed by atoms with E-state index < -0.39 is 35.5 Å². The van der Waals surface area contributed by atoms with E-state index in [4.69, 9.17) is 9.26 Å².